The van der Waals surface area contributed by atoms with Crippen LogP contribution in [0, 0.1) is 6.92 Å². The molecule has 1 N–H and O–H groups in total. The molecule has 32 heavy (non-hydrogen) atoms. The molecule has 0 spiro atoms. The number of piperazine rings is 1. The largest absolute Gasteiger partial charge is 0.416 e. The number of nitrogens with zero attached hydrogens (tertiary/aromatic N) is 5. The Morgan fingerprint density at radius 3 is 2.53 bits per heavy atom. The normalized spacial score (nSPS) is 15.0. The van der Waals surface area contributed by atoms with Crippen LogP contribution in [0.15, 0.2) is 41.7 Å². The van der Waals surface area contributed by atoms with E-state index in [1.165, 1.54) is 12.1 Å². The Morgan fingerprint density at radius 2 is 1.91 bits per heavy atom. The standard InChI is InChI=1S/C22H31F3N6.HI/c1-3-26-21(28-9-4-5-11-29-12-10-27-18(29)2)31-15-13-30(14-16-31)20-8-6-7-19(17-20)22(23,24)25;/h6-8,10,12,17H,3-5,9,11,13-16H2,1-2H3,(H,26,28);1H. The van der Waals surface area contributed by atoms with Gasteiger partial charge in [-0.25, -0.2) is 4.98 Å². The number of imidazole rings is 1. The van der Waals surface area contributed by atoms with Gasteiger partial charge in [-0.15, -0.1) is 24.0 Å². The lowest BCUT2D eigenvalue weighted by Crippen LogP contribution is -2.52. The summed E-state index contributed by atoms with van der Waals surface area (Å²) < 4.78 is 41.2. The van der Waals surface area contributed by atoms with Crippen LogP contribution in [0.5, 0.6) is 0 Å². The monoisotopic (exact) mass is 564 g/mol. The number of guanidine groups is 1. The number of unbranched alkanes of at least 4 members (excludes halogenated alkanes) is 1. The van der Waals surface area contributed by atoms with Crippen molar-refractivity contribution in [2.75, 3.05) is 44.2 Å². The average molecular weight is 564 g/mol. The van der Waals surface area contributed by atoms with Gasteiger partial charge in [0.1, 0.15) is 5.82 Å². The summed E-state index contributed by atoms with van der Waals surface area (Å²) in [7, 11) is 0. The van der Waals surface area contributed by atoms with Crippen LogP contribution in [-0.2, 0) is 12.7 Å². The summed E-state index contributed by atoms with van der Waals surface area (Å²) in [5, 5.41) is 3.34. The molecule has 1 aromatic heterocycles. The lowest BCUT2D eigenvalue weighted by atomic mass is 10.1. The van der Waals surface area contributed by atoms with Crippen LogP contribution < -0.4 is 10.2 Å². The molecule has 6 nitrogen and oxygen atoms in total. The highest BCUT2D eigenvalue weighted by atomic mass is 127. The molecule has 1 saturated heterocycles. The van der Waals surface area contributed by atoms with E-state index in [-0.39, 0.29) is 24.0 Å². The second kappa shape index (κ2) is 12.3. The van der Waals surface area contributed by atoms with Crippen molar-refractivity contribution in [1.82, 2.24) is 19.8 Å². The zero-order chi connectivity index (χ0) is 22.3. The van der Waals surface area contributed by atoms with Gasteiger partial charge in [-0.05, 0) is 44.9 Å². The minimum absolute atomic E-state index is 0. The Bertz CT molecular complexity index is 859. The quantitative estimate of drug-likeness (QED) is 0.235. The van der Waals surface area contributed by atoms with Crippen molar-refractivity contribution >= 4 is 35.6 Å². The second-order valence-electron chi connectivity index (χ2n) is 7.63. The Morgan fingerprint density at radius 1 is 1.16 bits per heavy atom. The maximum Gasteiger partial charge on any atom is 0.416 e. The fraction of sp³-hybridized carbons (Fsp3) is 0.545. The van der Waals surface area contributed by atoms with Crippen molar-refractivity contribution in [3.63, 3.8) is 0 Å². The molecule has 0 amide bonds. The molecule has 0 saturated carbocycles. The second-order valence-corrected chi connectivity index (χ2v) is 7.63. The molecule has 1 aliphatic heterocycles. The molecule has 2 aromatic rings. The van der Waals surface area contributed by atoms with E-state index < -0.39 is 11.7 Å². The van der Waals surface area contributed by atoms with E-state index >= 15 is 0 Å². The van der Waals surface area contributed by atoms with Gasteiger partial charge in [0.2, 0.25) is 0 Å². The van der Waals surface area contributed by atoms with Gasteiger partial charge in [0, 0.05) is 63.9 Å². The Kier molecular flexibility index (Phi) is 10.1. The third-order valence-electron chi connectivity index (χ3n) is 5.45. The maximum absolute atomic E-state index is 13.0. The predicted octanol–water partition coefficient (Wildman–Crippen LogP) is 4.40. The van der Waals surface area contributed by atoms with Gasteiger partial charge in [0.25, 0.3) is 0 Å². The lowest BCUT2D eigenvalue weighted by Gasteiger charge is -2.38. The number of aromatic nitrogens is 2. The van der Waals surface area contributed by atoms with Gasteiger partial charge < -0.3 is 19.7 Å². The minimum Gasteiger partial charge on any atom is -0.368 e. The summed E-state index contributed by atoms with van der Waals surface area (Å²) in [5.41, 5.74) is 0.0134. The topological polar surface area (TPSA) is 48.7 Å². The maximum atomic E-state index is 13.0. The molecule has 2 heterocycles. The SMILES string of the molecule is CCNC(=NCCCCn1ccnc1C)N1CCN(c2cccc(C(F)(F)F)c2)CC1.I. The highest BCUT2D eigenvalue weighted by molar-refractivity contribution is 14.0. The number of aryl methyl sites for hydroxylation is 2. The fourth-order valence-electron chi connectivity index (χ4n) is 3.70. The minimum atomic E-state index is -4.32. The van der Waals surface area contributed by atoms with Crippen molar-refractivity contribution in [3.05, 3.63) is 48.0 Å². The summed E-state index contributed by atoms with van der Waals surface area (Å²) in [6.07, 6.45) is 1.50. The van der Waals surface area contributed by atoms with Crippen LogP contribution >= 0.6 is 24.0 Å². The van der Waals surface area contributed by atoms with Crippen LogP contribution in [0.4, 0.5) is 18.9 Å². The molecule has 10 heteroatoms. The number of alkyl halides is 3. The molecule has 0 atom stereocenters. The molecule has 0 aliphatic carbocycles. The molecule has 3 rings (SSSR count). The van der Waals surface area contributed by atoms with Crippen LogP contribution in [-0.4, -0.2) is 59.7 Å². The first-order valence-electron chi connectivity index (χ1n) is 10.8. The fourth-order valence-corrected chi connectivity index (χ4v) is 3.70. The van der Waals surface area contributed by atoms with Gasteiger partial charge in [0.05, 0.1) is 5.56 Å². The number of hydrogen-bond donors (Lipinski definition) is 1. The first kappa shape index (κ1) is 26.3. The predicted molar refractivity (Wildman–Crippen MR) is 133 cm³/mol. The molecule has 1 aliphatic rings. The van der Waals surface area contributed by atoms with Crippen molar-refractivity contribution in [1.29, 1.82) is 0 Å². The van der Waals surface area contributed by atoms with Crippen molar-refractivity contribution < 1.29 is 13.2 Å². The van der Waals surface area contributed by atoms with E-state index in [0.29, 0.717) is 18.8 Å². The number of benzene rings is 1. The molecule has 0 unspecified atom stereocenters. The third-order valence-corrected chi connectivity index (χ3v) is 5.45. The van der Waals surface area contributed by atoms with Crippen LogP contribution in [0.3, 0.4) is 0 Å². The van der Waals surface area contributed by atoms with Crippen molar-refractivity contribution in [3.8, 4) is 0 Å². The Labute approximate surface area is 204 Å². The van der Waals surface area contributed by atoms with Crippen LogP contribution in [0.2, 0.25) is 0 Å². The summed E-state index contributed by atoms with van der Waals surface area (Å²) in [6.45, 7) is 9.25. The lowest BCUT2D eigenvalue weighted by molar-refractivity contribution is -0.137. The highest BCUT2D eigenvalue weighted by Gasteiger charge is 2.31. The van der Waals surface area contributed by atoms with Crippen LogP contribution in [0.25, 0.3) is 0 Å². The molecule has 0 radical (unpaired) electrons. The molecule has 0 bridgehead atoms. The number of anilines is 1. The Hall–Kier alpha value is -1.98. The zero-order valence-electron chi connectivity index (χ0n) is 18.6. The molecule has 1 fully saturated rings. The number of nitrogens with one attached hydrogen (secondary N) is 1. The van der Waals surface area contributed by atoms with Gasteiger partial charge in [-0.1, -0.05) is 6.07 Å². The number of rotatable bonds is 7. The van der Waals surface area contributed by atoms with E-state index in [0.717, 1.165) is 63.4 Å². The zero-order valence-corrected chi connectivity index (χ0v) is 20.9. The molecular formula is C22H32F3IN6. The first-order valence-corrected chi connectivity index (χ1v) is 10.8. The molecule has 178 valence electrons. The van der Waals surface area contributed by atoms with Crippen LogP contribution in [0.1, 0.15) is 31.2 Å². The van der Waals surface area contributed by atoms with E-state index in [1.54, 1.807) is 6.07 Å². The number of aliphatic imine (C=N–C) groups is 1. The van der Waals surface area contributed by atoms with Gasteiger partial charge >= 0.3 is 6.18 Å². The molecular weight excluding hydrogens is 532 g/mol. The summed E-state index contributed by atoms with van der Waals surface area (Å²) >= 11 is 0. The van der Waals surface area contributed by atoms with E-state index in [4.69, 9.17) is 4.99 Å². The summed E-state index contributed by atoms with van der Waals surface area (Å²) in [5.74, 6) is 1.90. The number of hydrogen-bond acceptors (Lipinski definition) is 3. The van der Waals surface area contributed by atoms with Gasteiger partial charge in [-0.2, -0.15) is 13.2 Å². The highest BCUT2D eigenvalue weighted by Crippen LogP contribution is 2.31. The molecule has 1 aromatic carbocycles. The average Bonchev–Trinajstić information content (AvgIpc) is 3.17. The van der Waals surface area contributed by atoms with Gasteiger partial charge in [0.15, 0.2) is 5.96 Å². The smallest absolute Gasteiger partial charge is 0.368 e. The summed E-state index contributed by atoms with van der Waals surface area (Å²) in [6, 6.07) is 5.56. The number of halogens is 4. The summed E-state index contributed by atoms with van der Waals surface area (Å²) in [4.78, 5) is 13.2. The Balaban J connectivity index is 0.00000363. The van der Waals surface area contributed by atoms with Crippen molar-refractivity contribution in [2.24, 2.45) is 4.99 Å². The van der Waals surface area contributed by atoms with E-state index in [1.807, 2.05) is 31.1 Å². The first-order chi connectivity index (χ1) is 14.9. The van der Waals surface area contributed by atoms with E-state index in [2.05, 4.69) is 19.8 Å². The van der Waals surface area contributed by atoms with E-state index in [9.17, 15) is 13.2 Å². The van der Waals surface area contributed by atoms with Crippen molar-refractivity contribution in [2.45, 2.75) is 39.4 Å². The third kappa shape index (κ3) is 7.28. The van der Waals surface area contributed by atoms with Gasteiger partial charge in [-0.3, -0.25) is 4.99 Å².